The average Bonchev–Trinajstić information content (AvgIpc) is 2.46. The number of rotatable bonds is 4. The van der Waals surface area contributed by atoms with Gasteiger partial charge in [-0.15, -0.1) is 0 Å². The fourth-order valence-electron chi connectivity index (χ4n) is 2.05. The van der Waals surface area contributed by atoms with Crippen molar-refractivity contribution in [2.75, 3.05) is 0 Å². The molecule has 2 rings (SSSR count). The van der Waals surface area contributed by atoms with Gasteiger partial charge >= 0.3 is 0 Å². The lowest BCUT2D eigenvalue weighted by Crippen LogP contribution is -2.12. The number of amides is 1. The third-order valence-corrected chi connectivity index (χ3v) is 3.33. The molecule has 0 unspecified atom stereocenters. The molecule has 0 aromatic heterocycles. The highest BCUT2D eigenvalue weighted by Crippen LogP contribution is 2.19. The van der Waals surface area contributed by atoms with Crippen LogP contribution in [0.1, 0.15) is 29.2 Å². The summed E-state index contributed by atoms with van der Waals surface area (Å²) in [5.74, 6) is -0.409. The molecule has 0 aliphatic rings. The number of hydrogen-bond donors (Lipinski definition) is 1. The predicted molar refractivity (Wildman–Crippen MR) is 84.1 cm³/mol. The smallest absolute Gasteiger partial charge is 0.249 e. The number of benzene rings is 2. The van der Waals surface area contributed by atoms with E-state index >= 15 is 0 Å². The number of nitrogens with two attached hydrogens (primary N) is 1. The summed E-state index contributed by atoms with van der Waals surface area (Å²) in [4.78, 5) is 11.7. The van der Waals surface area contributed by atoms with Crippen LogP contribution in [0.3, 0.4) is 0 Å². The number of carbonyl (C=O) groups excluding carboxylic acids is 1. The van der Waals surface area contributed by atoms with Crippen LogP contribution in [-0.2, 0) is 11.2 Å². The van der Waals surface area contributed by atoms with E-state index in [1.807, 2.05) is 49.4 Å². The van der Waals surface area contributed by atoms with Gasteiger partial charge in [0, 0.05) is 5.57 Å². The largest absolute Gasteiger partial charge is 0.366 e. The van der Waals surface area contributed by atoms with Crippen molar-refractivity contribution in [3.05, 3.63) is 70.8 Å². The Hall–Kier alpha value is -2.35. The zero-order valence-corrected chi connectivity index (χ0v) is 11.9. The van der Waals surface area contributed by atoms with Gasteiger partial charge in [0.25, 0.3) is 0 Å². The van der Waals surface area contributed by atoms with Gasteiger partial charge in [-0.05, 0) is 36.1 Å². The first-order chi connectivity index (χ1) is 9.60. The second-order valence-corrected chi connectivity index (χ2v) is 4.88. The molecular weight excluding hydrogens is 246 g/mol. The number of primary amides is 1. The van der Waals surface area contributed by atoms with E-state index in [0.717, 1.165) is 23.1 Å². The van der Waals surface area contributed by atoms with E-state index in [1.165, 1.54) is 5.56 Å². The molecule has 0 spiro atoms. The minimum absolute atomic E-state index is 0.409. The lowest BCUT2D eigenvalue weighted by atomic mass is 10.0. The van der Waals surface area contributed by atoms with E-state index in [-0.39, 0.29) is 0 Å². The normalized spacial score (nSPS) is 11.4. The van der Waals surface area contributed by atoms with Crippen LogP contribution in [0.25, 0.3) is 11.6 Å². The summed E-state index contributed by atoms with van der Waals surface area (Å²) in [6.07, 6.45) is 2.84. The highest BCUT2D eigenvalue weighted by atomic mass is 16.1. The van der Waals surface area contributed by atoms with Gasteiger partial charge in [-0.1, -0.05) is 61.0 Å². The lowest BCUT2D eigenvalue weighted by Gasteiger charge is -2.05. The van der Waals surface area contributed by atoms with Gasteiger partial charge in [-0.3, -0.25) is 4.79 Å². The summed E-state index contributed by atoms with van der Waals surface area (Å²) in [5.41, 5.74) is 10.3. The molecule has 2 aromatic rings. The van der Waals surface area contributed by atoms with Crippen LogP contribution in [0.2, 0.25) is 0 Å². The van der Waals surface area contributed by atoms with E-state index in [4.69, 9.17) is 5.73 Å². The summed E-state index contributed by atoms with van der Waals surface area (Å²) in [7, 11) is 0. The van der Waals surface area contributed by atoms with Crippen molar-refractivity contribution in [3.8, 4) is 0 Å². The molecule has 2 aromatic carbocycles. The Kier molecular flexibility index (Phi) is 4.36. The van der Waals surface area contributed by atoms with Crippen molar-refractivity contribution in [2.24, 2.45) is 5.73 Å². The fraction of sp³-hybridized carbons (Fsp3) is 0.167. The molecule has 102 valence electrons. The third kappa shape index (κ3) is 3.35. The van der Waals surface area contributed by atoms with Crippen LogP contribution < -0.4 is 5.73 Å². The second-order valence-electron chi connectivity index (χ2n) is 4.88. The fourth-order valence-corrected chi connectivity index (χ4v) is 2.05. The SMILES string of the molecule is CCc1ccc(/C=C(/C(N)=O)c2ccc(C)cc2)cc1. The van der Waals surface area contributed by atoms with Gasteiger partial charge in [0.15, 0.2) is 0 Å². The molecule has 20 heavy (non-hydrogen) atoms. The first-order valence-corrected chi connectivity index (χ1v) is 6.77. The Balaban J connectivity index is 2.39. The van der Waals surface area contributed by atoms with E-state index in [2.05, 4.69) is 19.1 Å². The summed E-state index contributed by atoms with van der Waals surface area (Å²) in [6, 6.07) is 16.0. The molecule has 0 atom stereocenters. The first kappa shape index (κ1) is 14.1. The standard InChI is InChI=1S/C18H19NO/c1-3-14-6-8-15(9-7-14)12-17(18(19)20)16-10-4-13(2)5-11-16/h4-12H,3H2,1-2H3,(H2,19,20)/b17-12+. The van der Waals surface area contributed by atoms with Crippen LogP contribution in [0.5, 0.6) is 0 Å². The molecule has 2 N–H and O–H groups in total. The number of hydrogen-bond acceptors (Lipinski definition) is 1. The summed E-state index contributed by atoms with van der Waals surface area (Å²) in [6.45, 7) is 4.13. The molecule has 0 saturated heterocycles. The van der Waals surface area contributed by atoms with E-state index in [1.54, 1.807) is 0 Å². The minimum Gasteiger partial charge on any atom is -0.366 e. The van der Waals surface area contributed by atoms with Crippen LogP contribution in [0.4, 0.5) is 0 Å². The van der Waals surface area contributed by atoms with Crippen molar-refractivity contribution in [3.63, 3.8) is 0 Å². The molecule has 0 radical (unpaired) electrons. The average molecular weight is 265 g/mol. The zero-order chi connectivity index (χ0) is 14.5. The number of carbonyl (C=O) groups is 1. The molecule has 2 nitrogen and oxygen atoms in total. The molecule has 0 fully saturated rings. The van der Waals surface area contributed by atoms with Crippen molar-refractivity contribution in [1.29, 1.82) is 0 Å². The molecule has 0 aliphatic carbocycles. The Morgan fingerprint density at radius 1 is 1.05 bits per heavy atom. The van der Waals surface area contributed by atoms with Gasteiger partial charge in [-0.25, -0.2) is 0 Å². The molecule has 0 bridgehead atoms. The van der Waals surface area contributed by atoms with Crippen molar-refractivity contribution in [1.82, 2.24) is 0 Å². The van der Waals surface area contributed by atoms with Crippen LogP contribution in [0, 0.1) is 6.92 Å². The van der Waals surface area contributed by atoms with Crippen molar-refractivity contribution >= 4 is 17.6 Å². The third-order valence-electron chi connectivity index (χ3n) is 3.33. The molecule has 0 saturated carbocycles. The van der Waals surface area contributed by atoms with Crippen molar-refractivity contribution < 1.29 is 4.79 Å². The summed E-state index contributed by atoms with van der Waals surface area (Å²) >= 11 is 0. The maximum Gasteiger partial charge on any atom is 0.249 e. The van der Waals surface area contributed by atoms with Crippen molar-refractivity contribution in [2.45, 2.75) is 20.3 Å². The van der Waals surface area contributed by atoms with Crippen LogP contribution >= 0.6 is 0 Å². The summed E-state index contributed by atoms with van der Waals surface area (Å²) in [5, 5.41) is 0. The van der Waals surface area contributed by atoms with E-state index < -0.39 is 5.91 Å². The maximum atomic E-state index is 11.7. The van der Waals surface area contributed by atoms with Gasteiger partial charge in [0.1, 0.15) is 0 Å². The summed E-state index contributed by atoms with van der Waals surface area (Å²) < 4.78 is 0. The van der Waals surface area contributed by atoms with Gasteiger partial charge < -0.3 is 5.73 Å². The Bertz CT molecular complexity index is 621. The van der Waals surface area contributed by atoms with Gasteiger partial charge in [-0.2, -0.15) is 0 Å². The van der Waals surface area contributed by atoms with E-state index in [0.29, 0.717) is 5.57 Å². The molecule has 2 heteroatoms. The Labute approximate surface area is 119 Å². The van der Waals surface area contributed by atoms with Gasteiger partial charge in [0.2, 0.25) is 5.91 Å². The Morgan fingerprint density at radius 3 is 2.15 bits per heavy atom. The monoisotopic (exact) mass is 265 g/mol. The molecule has 0 heterocycles. The Morgan fingerprint density at radius 2 is 1.65 bits per heavy atom. The minimum atomic E-state index is -0.409. The first-order valence-electron chi connectivity index (χ1n) is 6.77. The highest BCUT2D eigenvalue weighted by molar-refractivity contribution is 6.23. The molecule has 0 aliphatic heterocycles. The molecular formula is C18H19NO. The number of aryl methyl sites for hydroxylation is 2. The lowest BCUT2D eigenvalue weighted by molar-refractivity contribution is -0.112. The topological polar surface area (TPSA) is 43.1 Å². The molecule has 1 amide bonds. The zero-order valence-electron chi connectivity index (χ0n) is 11.9. The van der Waals surface area contributed by atoms with Crippen LogP contribution in [0.15, 0.2) is 48.5 Å². The van der Waals surface area contributed by atoms with Gasteiger partial charge in [0.05, 0.1) is 0 Å². The second kappa shape index (κ2) is 6.20. The van der Waals surface area contributed by atoms with Crippen LogP contribution in [-0.4, -0.2) is 5.91 Å². The maximum absolute atomic E-state index is 11.7. The quantitative estimate of drug-likeness (QED) is 0.666. The predicted octanol–water partition coefficient (Wildman–Crippen LogP) is 3.58. The highest BCUT2D eigenvalue weighted by Gasteiger charge is 2.08. The van der Waals surface area contributed by atoms with E-state index in [9.17, 15) is 4.79 Å².